The van der Waals surface area contributed by atoms with Crippen LogP contribution in [0.2, 0.25) is 0 Å². The summed E-state index contributed by atoms with van der Waals surface area (Å²) in [4.78, 5) is 13.3. The van der Waals surface area contributed by atoms with Gasteiger partial charge in [0.25, 0.3) is 0 Å². The van der Waals surface area contributed by atoms with Crippen molar-refractivity contribution in [3.8, 4) is 0 Å². The third-order valence-electron chi connectivity index (χ3n) is 4.19. The molecule has 0 bridgehead atoms. The van der Waals surface area contributed by atoms with E-state index in [0.717, 1.165) is 25.6 Å². The quantitative estimate of drug-likeness (QED) is 0.778. The lowest BCUT2D eigenvalue weighted by molar-refractivity contribution is -0.144. The van der Waals surface area contributed by atoms with Gasteiger partial charge in [0.1, 0.15) is 6.04 Å². The van der Waals surface area contributed by atoms with E-state index < -0.39 is 5.97 Å². The fourth-order valence-electron chi connectivity index (χ4n) is 3.08. The molecule has 1 saturated heterocycles. The smallest absolute Gasteiger partial charge is 0.322 e. The van der Waals surface area contributed by atoms with Gasteiger partial charge in [-0.2, -0.15) is 0 Å². The number of nitrogens with one attached hydrogen (secondary N) is 1. The first-order valence-corrected chi connectivity index (χ1v) is 6.95. The zero-order valence-corrected chi connectivity index (χ0v) is 10.5. The highest BCUT2D eigenvalue weighted by Crippen LogP contribution is 2.26. The van der Waals surface area contributed by atoms with Gasteiger partial charge in [0.2, 0.25) is 0 Å². The van der Waals surface area contributed by atoms with Crippen molar-refractivity contribution in [1.82, 2.24) is 10.2 Å². The standard InChI is InChI=1S/C13H24N2O2/c16-13(17)12-10-14-7-9-15(12)8-6-11-4-2-1-3-5-11/h11-12,14H,1-10H2,(H,16,17). The molecule has 0 aromatic carbocycles. The van der Waals surface area contributed by atoms with Gasteiger partial charge in [-0.25, -0.2) is 0 Å². The Labute approximate surface area is 103 Å². The lowest BCUT2D eigenvalue weighted by Crippen LogP contribution is -2.55. The fourth-order valence-corrected chi connectivity index (χ4v) is 3.08. The Balaban J connectivity index is 1.77. The van der Waals surface area contributed by atoms with E-state index >= 15 is 0 Å². The molecule has 1 atom stereocenters. The SMILES string of the molecule is O=C(O)C1CNCCN1CCC1CCCCC1. The predicted molar refractivity (Wildman–Crippen MR) is 67.1 cm³/mol. The van der Waals surface area contributed by atoms with Gasteiger partial charge in [-0.05, 0) is 18.9 Å². The summed E-state index contributed by atoms with van der Waals surface area (Å²) in [6.07, 6.45) is 8.02. The monoisotopic (exact) mass is 240 g/mol. The molecule has 4 heteroatoms. The van der Waals surface area contributed by atoms with Crippen molar-refractivity contribution in [1.29, 1.82) is 0 Å². The number of hydrogen-bond acceptors (Lipinski definition) is 3. The van der Waals surface area contributed by atoms with Crippen molar-refractivity contribution < 1.29 is 9.90 Å². The van der Waals surface area contributed by atoms with Gasteiger partial charge in [0.05, 0.1) is 0 Å². The molecule has 4 nitrogen and oxygen atoms in total. The molecule has 1 saturated carbocycles. The highest BCUT2D eigenvalue weighted by Gasteiger charge is 2.28. The predicted octanol–water partition coefficient (Wildman–Crippen LogP) is 1.32. The molecule has 2 N–H and O–H groups in total. The van der Waals surface area contributed by atoms with Crippen molar-refractivity contribution in [2.24, 2.45) is 5.92 Å². The van der Waals surface area contributed by atoms with E-state index in [1.807, 2.05) is 0 Å². The highest BCUT2D eigenvalue weighted by molar-refractivity contribution is 5.73. The minimum Gasteiger partial charge on any atom is -0.480 e. The molecule has 0 spiro atoms. The Hall–Kier alpha value is -0.610. The van der Waals surface area contributed by atoms with Crippen LogP contribution in [0, 0.1) is 5.92 Å². The molecule has 1 unspecified atom stereocenters. The Morgan fingerprint density at radius 2 is 2.06 bits per heavy atom. The maximum Gasteiger partial charge on any atom is 0.322 e. The number of carboxylic acids is 1. The van der Waals surface area contributed by atoms with Crippen LogP contribution in [0.25, 0.3) is 0 Å². The number of hydrogen-bond donors (Lipinski definition) is 2. The van der Waals surface area contributed by atoms with Crippen molar-refractivity contribution in [3.05, 3.63) is 0 Å². The Bertz CT molecular complexity index is 252. The zero-order valence-electron chi connectivity index (χ0n) is 10.5. The number of rotatable bonds is 4. The number of nitrogens with zero attached hydrogens (tertiary/aromatic N) is 1. The first-order valence-electron chi connectivity index (χ1n) is 6.95. The zero-order chi connectivity index (χ0) is 12.1. The number of aliphatic carboxylic acids is 1. The largest absolute Gasteiger partial charge is 0.480 e. The molecule has 0 aromatic heterocycles. The summed E-state index contributed by atoms with van der Waals surface area (Å²) in [5.74, 6) is 0.161. The summed E-state index contributed by atoms with van der Waals surface area (Å²) in [7, 11) is 0. The van der Waals surface area contributed by atoms with Gasteiger partial charge < -0.3 is 10.4 Å². The second-order valence-corrected chi connectivity index (χ2v) is 5.39. The van der Waals surface area contributed by atoms with E-state index in [-0.39, 0.29) is 6.04 Å². The van der Waals surface area contributed by atoms with Crippen LogP contribution < -0.4 is 5.32 Å². The van der Waals surface area contributed by atoms with Crippen molar-refractivity contribution in [3.63, 3.8) is 0 Å². The molecule has 2 fully saturated rings. The van der Waals surface area contributed by atoms with Gasteiger partial charge in [-0.1, -0.05) is 32.1 Å². The summed E-state index contributed by atoms with van der Waals surface area (Å²) in [6.45, 7) is 3.36. The minimum atomic E-state index is -0.680. The fraction of sp³-hybridized carbons (Fsp3) is 0.923. The first kappa shape index (κ1) is 12.8. The summed E-state index contributed by atoms with van der Waals surface area (Å²) in [6, 6.07) is -0.313. The van der Waals surface area contributed by atoms with Gasteiger partial charge in [0, 0.05) is 19.6 Å². The summed E-state index contributed by atoms with van der Waals surface area (Å²) in [5.41, 5.74) is 0. The summed E-state index contributed by atoms with van der Waals surface area (Å²) < 4.78 is 0. The van der Waals surface area contributed by atoms with Gasteiger partial charge in [-0.3, -0.25) is 9.69 Å². The Kier molecular flexibility index (Phi) is 4.80. The maximum atomic E-state index is 11.1. The van der Waals surface area contributed by atoms with Crippen LogP contribution in [0.4, 0.5) is 0 Å². The number of carbonyl (C=O) groups is 1. The second kappa shape index (κ2) is 6.36. The van der Waals surface area contributed by atoms with Crippen LogP contribution in [0.3, 0.4) is 0 Å². The van der Waals surface area contributed by atoms with E-state index in [4.69, 9.17) is 5.11 Å². The van der Waals surface area contributed by atoms with Crippen molar-refractivity contribution in [2.75, 3.05) is 26.2 Å². The van der Waals surface area contributed by atoms with Gasteiger partial charge in [-0.15, -0.1) is 0 Å². The normalized spacial score (nSPS) is 28.1. The molecule has 1 heterocycles. The molecule has 1 aliphatic carbocycles. The van der Waals surface area contributed by atoms with Crippen molar-refractivity contribution >= 4 is 5.97 Å². The molecule has 0 amide bonds. The van der Waals surface area contributed by atoms with Crippen molar-refractivity contribution in [2.45, 2.75) is 44.6 Å². The van der Waals surface area contributed by atoms with Crippen LogP contribution in [0.1, 0.15) is 38.5 Å². The average molecular weight is 240 g/mol. The molecule has 98 valence electrons. The molecule has 0 radical (unpaired) electrons. The first-order chi connectivity index (χ1) is 8.27. The Morgan fingerprint density at radius 3 is 2.76 bits per heavy atom. The Morgan fingerprint density at radius 1 is 1.29 bits per heavy atom. The van der Waals surface area contributed by atoms with Gasteiger partial charge in [0.15, 0.2) is 0 Å². The lowest BCUT2D eigenvalue weighted by Gasteiger charge is -2.34. The third-order valence-corrected chi connectivity index (χ3v) is 4.19. The molecule has 2 rings (SSSR count). The molecule has 1 aliphatic heterocycles. The molecule has 17 heavy (non-hydrogen) atoms. The molecule has 2 aliphatic rings. The lowest BCUT2D eigenvalue weighted by atomic mass is 9.87. The van der Waals surface area contributed by atoms with E-state index in [0.29, 0.717) is 6.54 Å². The third kappa shape index (κ3) is 3.68. The van der Waals surface area contributed by atoms with E-state index in [9.17, 15) is 4.79 Å². The van der Waals surface area contributed by atoms with E-state index in [2.05, 4.69) is 10.2 Å². The van der Waals surface area contributed by atoms with Crippen LogP contribution in [-0.4, -0.2) is 48.2 Å². The van der Waals surface area contributed by atoms with Crippen LogP contribution >= 0.6 is 0 Å². The van der Waals surface area contributed by atoms with Gasteiger partial charge >= 0.3 is 5.97 Å². The average Bonchev–Trinajstić information content (AvgIpc) is 2.38. The summed E-state index contributed by atoms with van der Waals surface area (Å²) >= 11 is 0. The molecular formula is C13H24N2O2. The maximum absolute atomic E-state index is 11.1. The van der Waals surface area contributed by atoms with E-state index in [1.165, 1.54) is 38.5 Å². The van der Waals surface area contributed by atoms with Crippen LogP contribution in [0.15, 0.2) is 0 Å². The highest BCUT2D eigenvalue weighted by atomic mass is 16.4. The minimum absolute atomic E-state index is 0.313. The number of carboxylic acid groups (broad SMARTS) is 1. The molecule has 0 aromatic rings. The summed E-state index contributed by atoms with van der Waals surface area (Å²) in [5, 5.41) is 12.3. The van der Waals surface area contributed by atoms with Crippen LogP contribution in [0.5, 0.6) is 0 Å². The topological polar surface area (TPSA) is 52.6 Å². The van der Waals surface area contributed by atoms with Crippen LogP contribution in [-0.2, 0) is 4.79 Å². The second-order valence-electron chi connectivity index (χ2n) is 5.39. The number of piperazine rings is 1. The van der Waals surface area contributed by atoms with E-state index in [1.54, 1.807) is 0 Å². The molecular weight excluding hydrogens is 216 g/mol.